The minimum absolute atomic E-state index is 0.417. The lowest BCUT2D eigenvalue weighted by Crippen LogP contribution is -2.37. The molecule has 1 aromatic carbocycles. The molecule has 166 valence electrons. The van der Waals surface area contributed by atoms with Gasteiger partial charge in [-0.2, -0.15) is 4.31 Å². The number of fused-ring (bicyclic) bond motifs is 1. The molecule has 0 aromatic heterocycles. The molecule has 1 fully saturated rings. The Hall–Kier alpha value is -2.13. The molecular weight excluding hydrogens is 406 g/mol. The van der Waals surface area contributed by atoms with Crippen LogP contribution in [0.2, 0.25) is 0 Å². The minimum atomic E-state index is -3.18. The van der Waals surface area contributed by atoms with Gasteiger partial charge in [0.2, 0.25) is 10.0 Å². The molecule has 1 amide bonds. The van der Waals surface area contributed by atoms with Crippen molar-refractivity contribution in [2.45, 2.75) is 45.1 Å². The zero-order valence-electron chi connectivity index (χ0n) is 17.7. The van der Waals surface area contributed by atoms with E-state index in [0.717, 1.165) is 54.5 Å². The molecule has 2 aliphatic rings. The predicted molar refractivity (Wildman–Crippen MR) is 115 cm³/mol. The van der Waals surface area contributed by atoms with E-state index in [-0.39, 0.29) is 0 Å². The highest BCUT2D eigenvalue weighted by Gasteiger charge is 2.24. The summed E-state index contributed by atoms with van der Waals surface area (Å²) in [6.07, 6.45) is 5.76. The fraction of sp³-hybridized carbons (Fsp3) is 0.619. The monoisotopic (exact) mass is 437 g/mol. The molecule has 2 heterocycles. The van der Waals surface area contributed by atoms with E-state index in [9.17, 15) is 13.2 Å². The van der Waals surface area contributed by atoms with Crippen LogP contribution in [0.1, 0.15) is 48.8 Å². The van der Waals surface area contributed by atoms with Gasteiger partial charge in [-0.1, -0.05) is 17.3 Å². The summed E-state index contributed by atoms with van der Waals surface area (Å²) in [7, 11) is -1.64. The maximum atomic E-state index is 11.8. The smallest absolute Gasteiger partial charge is 0.407 e. The first-order valence-corrected chi connectivity index (χ1v) is 12.3. The van der Waals surface area contributed by atoms with Crippen LogP contribution in [0.25, 0.3) is 0 Å². The van der Waals surface area contributed by atoms with Crippen molar-refractivity contribution in [2.75, 3.05) is 33.0 Å². The molecule has 8 nitrogen and oxygen atoms in total. The van der Waals surface area contributed by atoms with Crippen LogP contribution < -0.4 is 0 Å². The number of piperidine rings is 1. The molecule has 0 bridgehead atoms. The fourth-order valence-electron chi connectivity index (χ4n) is 4.31. The quantitative estimate of drug-likeness (QED) is 0.522. The van der Waals surface area contributed by atoms with Gasteiger partial charge >= 0.3 is 6.09 Å². The number of hydrogen-bond donors (Lipinski definition) is 1. The number of sulfonamides is 1. The van der Waals surface area contributed by atoms with E-state index in [0.29, 0.717) is 38.5 Å². The standard InChI is InChI=1S/C21H31N3O5S/c1-29-22-20(5-3-4-16-8-11-23(12-9-16)21(25)26)18-6-7-19-15-24(30(2,27)28)13-10-17(19)14-18/h6-7,14,16H,3-5,8-13,15H2,1-2H3,(H,25,26). The Kier molecular flexibility index (Phi) is 7.36. The molecule has 3 rings (SSSR count). The van der Waals surface area contributed by atoms with Crippen LogP contribution >= 0.6 is 0 Å². The number of carboxylic acid groups (broad SMARTS) is 1. The first-order chi connectivity index (χ1) is 14.3. The third-order valence-electron chi connectivity index (χ3n) is 6.10. The van der Waals surface area contributed by atoms with E-state index in [2.05, 4.69) is 11.2 Å². The number of rotatable bonds is 7. The van der Waals surface area contributed by atoms with Crippen LogP contribution in [0.4, 0.5) is 4.79 Å². The molecule has 0 radical (unpaired) electrons. The van der Waals surface area contributed by atoms with Gasteiger partial charge < -0.3 is 14.8 Å². The van der Waals surface area contributed by atoms with Crippen molar-refractivity contribution in [1.82, 2.24) is 9.21 Å². The van der Waals surface area contributed by atoms with E-state index in [4.69, 9.17) is 9.94 Å². The van der Waals surface area contributed by atoms with Gasteiger partial charge in [-0.3, -0.25) is 0 Å². The SMILES string of the molecule is CON=C(CCCC1CCN(C(=O)O)CC1)c1ccc2c(c1)CCN(S(C)(=O)=O)C2. The lowest BCUT2D eigenvalue weighted by Gasteiger charge is -2.30. The van der Waals surface area contributed by atoms with Gasteiger partial charge in [0.1, 0.15) is 7.11 Å². The van der Waals surface area contributed by atoms with Crippen LogP contribution in [0, 0.1) is 5.92 Å². The van der Waals surface area contributed by atoms with E-state index in [1.807, 2.05) is 12.1 Å². The summed E-state index contributed by atoms with van der Waals surface area (Å²) in [6.45, 7) is 2.16. The zero-order valence-corrected chi connectivity index (χ0v) is 18.5. The van der Waals surface area contributed by atoms with Crippen molar-refractivity contribution < 1.29 is 23.2 Å². The van der Waals surface area contributed by atoms with Gasteiger partial charge in [0.25, 0.3) is 0 Å². The van der Waals surface area contributed by atoms with Crippen molar-refractivity contribution in [3.05, 3.63) is 34.9 Å². The molecular formula is C21H31N3O5S. The van der Waals surface area contributed by atoms with Gasteiger partial charge in [-0.05, 0) is 67.2 Å². The van der Waals surface area contributed by atoms with Gasteiger partial charge in [0.05, 0.1) is 12.0 Å². The summed E-state index contributed by atoms with van der Waals surface area (Å²) in [5.41, 5.74) is 4.12. The summed E-state index contributed by atoms with van der Waals surface area (Å²) in [6, 6.07) is 6.10. The number of amides is 1. The molecule has 1 aromatic rings. The minimum Gasteiger partial charge on any atom is -0.465 e. The Labute approximate surface area is 178 Å². The molecule has 0 spiro atoms. The molecule has 2 aliphatic heterocycles. The second-order valence-corrected chi connectivity index (χ2v) is 10.1. The maximum absolute atomic E-state index is 11.8. The van der Waals surface area contributed by atoms with Crippen molar-refractivity contribution in [3.63, 3.8) is 0 Å². The first kappa shape index (κ1) is 22.6. The normalized spacial score (nSPS) is 18.9. The number of hydrogen-bond acceptors (Lipinski definition) is 5. The highest BCUT2D eigenvalue weighted by Crippen LogP contribution is 2.25. The molecule has 30 heavy (non-hydrogen) atoms. The van der Waals surface area contributed by atoms with Crippen molar-refractivity contribution >= 4 is 21.8 Å². The maximum Gasteiger partial charge on any atom is 0.407 e. The Morgan fingerprint density at radius 2 is 1.97 bits per heavy atom. The zero-order chi connectivity index (χ0) is 21.7. The third kappa shape index (κ3) is 5.72. The van der Waals surface area contributed by atoms with Crippen molar-refractivity contribution in [3.8, 4) is 0 Å². The van der Waals surface area contributed by atoms with E-state index >= 15 is 0 Å². The number of nitrogens with zero attached hydrogens (tertiary/aromatic N) is 3. The van der Waals surface area contributed by atoms with Crippen molar-refractivity contribution in [2.24, 2.45) is 11.1 Å². The van der Waals surface area contributed by atoms with E-state index < -0.39 is 16.1 Å². The topological polar surface area (TPSA) is 99.5 Å². The Balaban J connectivity index is 1.58. The first-order valence-electron chi connectivity index (χ1n) is 10.4. The number of carbonyl (C=O) groups is 1. The van der Waals surface area contributed by atoms with Gasteiger partial charge in [-0.15, -0.1) is 0 Å². The summed E-state index contributed by atoms with van der Waals surface area (Å²) in [4.78, 5) is 17.6. The summed E-state index contributed by atoms with van der Waals surface area (Å²) >= 11 is 0. The molecule has 1 N–H and O–H groups in total. The average molecular weight is 438 g/mol. The number of benzene rings is 1. The second kappa shape index (κ2) is 9.78. The van der Waals surface area contributed by atoms with Crippen LogP contribution in [0.15, 0.2) is 23.4 Å². The molecule has 0 aliphatic carbocycles. The number of oxime groups is 1. The molecule has 9 heteroatoms. The summed E-state index contributed by atoms with van der Waals surface area (Å²) in [5.74, 6) is 0.551. The Morgan fingerprint density at radius 3 is 2.60 bits per heavy atom. The fourth-order valence-corrected chi connectivity index (χ4v) is 5.11. The summed E-state index contributed by atoms with van der Waals surface area (Å²) < 4.78 is 25.1. The van der Waals surface area contributed by atoms with Crippen LogP contribution in [-0.2, 0) is 27.8 Å². The number of likely N-dealkylation sites (tertiary alicyclic amines) is 1. The van der Waals surface area contributed by atoms with Gasteiger partial charge in [0.15, 0.2) is 0 Å². The highest BCUT2D eigenvalue weighted by atomic mass is 32.2. The average Bonchev–Trinajstić information content (AvgIpc) is 2.72. The van der Waals surface area contributed by atoms with Gasteiger partial charge in [0, 0.05) is 26.2 Å². The third-order valence-corrected chi connectivity index (χ3v) is 7.35. The second-order valence-electron chi connectivity index (χ2n) is 8.16. The predicted octanol–water partition coefficient (Wildman–Crippen LogP) is 2.92. The summed E-state index contributed by atoms with van der Waals surface area (Å²) in [5, 5.41) is 13.3. The highest BCUT2D eigenvalue weighted by molar-refractivity contribution is 7.88. The Morgan fingerprint density at radius 1 is 1.23 bits per heavy atom. The molecule has 1 saturated heterocycles. The molecule has 0 unspecified atom stereocenters. The lowest BCUT2D eigenvalue weighted by molar-refractivity contribution is 0.123. The molecule has 0 atom stereocenters. The largest absolute Gasteiger partial charge is 0.465 e. The van der Waals surface area contributed by atoms with Crippen LogP contribution in [0.5, 0.6) is 0 Å². The van der Waals surface area contributed by atoms with Crippen molar-refractivity contribution in [1.29, 1.82) is 0 Å². The van der Waals surface area contributed by atoms with Gasteiger partial charge in [-0.25, -0.2) is 13.2 Å². The lowest BCUT2D eigenvalue weighted by atomic mass is 9.90. The Bertz CT molecular complexity index is 892. The van der Waals surface area contributed by atoms with Crippen LogP contribution in [-0.4, -0.2) is 67.5 Å². The van der Waals surface area contributed by atoms with Crippen LogP contribution in [0.3, 0.4) is 0 Å². The molecule has 0 saturated carbocycles. The van der Waals surface area contributed by atoms with E-state index in [1.54, 1.807) is 7.11 Å². The van der Waals surface area contributed by atoms with E-state index in [1.165, 1.54) is 15.5 Å².